The van der Waals surface area contributed by atoms with Gasteiger partial charge in [-0.3, -0.25) is 9.48 Å². The maximum absolute atomic E-state index is 12.5. The number of rotatable bonds is 6. The normalized spacial score (nSPS) is 10.6. The van der Waals surface area contributed by atoms with Crippen molar-refractivity contribution in [3.63, 3.8) is 0 Å². The molecular formula is C20H20ClN3O2. The summed E-state index contributed by atoms with van der Waals surface area (Å²) in [5, 5.41) is 7.42. The largest absolute Gasteiger partial charge is 0.489 e. The molecule has 1 heterocycles. The van der Waals surface area contributed by atoms with Crippen molar-refractivity contribution in [1.29, 1.82) is 0 Å². The third-order valence-corrected chi connectivity index (χ3v) is 4.51. The first-order valence-electron chi connectivity index (χ1n) is 8.28. The van der Waals surface area contributed by atoms with E-state index in [0.717, 1.165) is 16.9 Å². The molecule has 134 valence electrons. The number of hydrogen-bond donors (Lipinski definition) is 1. The fourth-order valence-corrected chi connectivity index (χ4v) is 2.96. The Morgan fingerprint density at radius 1 is 1.12 bits per heavy atom. The van der Waals surface area contributed by atoms with Gasteiger partial charge in [-0.05, 0) is 30.2 Å². The molecule has 0 unspecified atom stereocenters. The number of carbonyl (C=O) groups is 1. The lowest BCUT2D eigenvalue weighted by atomic mass is 10.1. The maximum atomic E-state index is 12.5. The Labute approximate surface area is 157 Å². The number of carbonyl (C=O) groups excluding carboxylic acids is 1. The summed E-state index contributed by atoms with van der Waals surface area (Å²) < 4.78 is 7.31. The fraction of sp³-hybridized carbons (Fsp3) is 0.200. The van der Waals surface area contributed by atoms with Crippen molar-refractivity contribution >= 4 is 17.5 Å². The van der Waals surface area contributed by atoms with E-state index in [9.17, 15) is 4.79 Å². The molecule has 0 radical (unpaired) electrons. The van der Waals surface area contributed by atoms with Gasteiger partial charge in [-0.25, -0.2) is 0 Å². The van der Waals surface area contributed by atoms with Crippen molar-refractivity contribution in [2.24, 2.45) is 7.05 Å². The molecule has 2 aromatic carbocycles. The number of halogens is 1. The van der Waals surface area contributed by atoms with Gasteiger partial charge in [-0.1, -0.05) is 54.1 Å². The number of para-hydroxylation sites is 1. The van der Waals surface area contributed by atoms with Crippen molar-refractivity contribution in [2.75, 3.05) is 0 Å². The molecule has 3 aromatic rings. The smallest absolute Gasteiger partial charge is 0.256 e. The van der Waals surface area contributed by atoms with Crippen LogP contribution in [0.15, 0.2) is 54.6 Å². The Hall–Kier alpha value is -2.79. The number of benzene rings is 2. The highest BCUT2D eigenvalue weighted by Gasteiger charge is 2.18. The summed E-state index contributed by atoms with van der Waals surface area (Å²) >= 11 is 6.16. The molecule has 0 aliphatic rings. The van der Waals surface area contributed by atoms with E-state index in [1.54, 1.807) is 14.0 Å². The molecule has 0 spiro atoms. The predicted octanol–water partition coefficient (Wildman–Crippen LogP) is 3.89. The van der Waals surface area contributed by atoms with Crippen LogP contribution in [-0.2, 0) is 20.2 Å². The standard InChI is InChI=1S/C20H20ClN3O2/c1-14-18(19(21)24(2)23-14)20(25)22-12-15-8-6-7-9-16(15)13-26-17-10-4-3-5-11-17/h3-11H,12-13H2,1-2H3,(H,22,25). The van der Waals surface area contributed by atoms with E-state index in [-0.39, 0.29) is 5.91 Å². The summed E-state index contributed by atoms with van der Waals surface area (Å²) in [6, 6.07) is 17.5. The quantitative estimate of drug-likeness (QED) is 0.717. The second-order valence-electron chi connectivity index (χ2n) is 5.93. The molecule has 1 aromatic heterocycles. The number of nitrogens with one attached hydrogen (secondary N) is 1. The zero-order valence-electron chi connectivity index (χ0n) is 14.7. The first-order valence-corrected chi connectivity index (χ1v) is 8.66. The molecule has 6 heteroatoms. The van der Waals surface area contributed by atoms with Gasteiger partial charge in [-0.2, -0.15) is 5.10 Å². The van der Waals surface area contributed by atoms with E-state index in [1.807, 2.05) is 54.6 Å². The van der Waals surface area contributed by atoms with Crippen LogP contribution < -0.4 is 10.1 Å². The van der Waals surface area contributed by atoms with Crippen LogP contribution in [0, 0.1) is 6.92 Å². The van der Waals surface area contributed by atoms with Gasteiger partial charge in [0.1, 0.15) is 17.5 Å². The number of hydrogen-bond acceptors (Lipinski definition) is 3. The molecule has 0 atom stereocenters. The van der Waals surface area contributed by atoms with Gasteiger partial charge in [0.2, 0.25) is 0 Å². The van der Waals surface area contributed by atoms with Gasteiger partial charge < -0.3 is 10.1 Å². The van der Waals surface area contributed by atoms with E-state index >= 15 is 0 Å². The molecule has 0 aliphatic heterocycles. The van der Waals surface area contributed by atoms with Crippen LogP contribution in [-0.4, -0.2) is 15.7 Å². The Bertz CT molecular complexity index is 907. The molecule has 0 saturated heterocycles. The molecule has 3 rings (SSSR count). The van der Waals surface area contributed by atoms with Crippen molar-refractivity contribution in [3.8, 4) is 5.75 Å². The van der Waals surface area contributed by atoms with Crippen LogP contribution in [0.1, 0.15) is 27.2 Å². The fourth-order valence-electron chi connectivity index (χ4n) is 2.70. The zero-order valence-corrected chi connectivity index (χ0v) is 15.5. The van der Waals surface area contributed by atoms with Gasteiger partial charge in [0.05, 0.1) is 11.3 Å². The molecule has 0 aliphatic carbocycles. The Kier molecular flexibility index (Phi) is 5.58. The van der Waals surface area contributed by atoms with Crippen LogP contribution in [0.4, 0.5) is 0 Å². The second kappa shape index (κ2) is 8.06. The topological polar surface area (TPSA) is 56.2 Å². The summed E-state index contributed by atoms with van der Waals surface area (Å²) in [6.45, 7) is 2.59. The van der Waals surface area contributed by atoms with Crippen molar-refractivity contribution in [3.05, 3.63) is 82.1 Å². The van der Waals surface area contributed by atoms with Crippen LogP contribution in [0.3, 0.4) is 0 Å². The second-order valence-corrected chi connectivity index (χ2v) is 6.29. The van der Waals surface area contributed by atoms with E-state index in [0.29, 0.717) is 29.6 Å². The molecule has 1 N–H and O–H groups in total. The monoisotopic (exact) mass is 369 g/mol. The first kappa shape index (κ1) is 18.0. The highest BCUT2D eigenvalue weighted by Crippen LogP contribution is 2.19. The van der Waals surface area contributed by atoms with Gasteiger partial charge in [0.25, 0.3) is 5.91 Å². The van der Waals surface area contributed by atoms with Crippen molar-refractivity contribution in [2.45, 2.75) is 20.1 Å². The zero-order chi connectivity index (χ0) is 18.5. The minimum Gasteiger partial charge on any atom is -0.489 e. The molecule has 1 amide bonds. The lowest BCUT2D eigenvalue weighted by Crippen LogP contribution is -2.24. The summed E-state index contributed by atoms with van der Waals surface area (Å²) in [4.78, 5) is 12.5. The van der Waals surface area contributed by atoms with Crippen molar-refractivity contribution in [1.82, 2.24) is 15.1 Å². The number of ether oxygens (including phenoxy) is 1. The average molecular weight is 370 g/mol. The van der Waals surface area contributed by atoms with E-state index < -0.39 is 0 Å². The molecule has 0 saturated carbocycles. The summed E-state index contributed by atoms with van der Waals surface area (Å²) in [5.74, 6) is 0.573. The summed E-state index contributed by atoms with van der Waals surface area (Å²) in [6.07, 6.45) is 0. The minimum absolute atomic E-state index is 0.237. The highest BCUT2D eigenvalue weighted by atomic mass is 35.5. The molecule has 26 heavy (non-hydrogen) atoms. The predicted molar refractivity (Wildman–Crippen MR) is 101 cm³/mol. The van der Waals surface area contributed by atoms with E-state index in [1.165, 1.54) is 4.68 Å². The van der Waals surface area contributed by atoms with Gasteiger partial charge in [0, 0.05) is 13.6 Å². The Balaban J connectivity index is 1.67. The van der Waals surface area contributed by atoms with E-state index in [4.69, 9.17) is 16.3 Å². The van der Waals surface area contributed by atoms with Crippen molar-refractivity contribution < 1.29 is 9.53 Å². The van der Waals surface area contributed by atoms with Gasteiger partial charge in [0.15, 0.2) is 0 Å². The highest BCUT2D eigenvalue weighted by molar-refractivity contribution is 6.33. The van der Waals surface area contributed by atoms with Gasteiger partial charge >= 0.3 is 0 Å². The Morgan fingerprint density at radius 2 is 1.77 bits per heavy atom. The summed E-state index contributed by atoms with van der Waals surface area (Å²) in [7, 11) is 1.71. The van der Waals surface area contributed by atoms with Crippen LogP contribution >= 0.6 is 11.6 Å². The Morgan fingerprint density at radius 3 is 2.42 bits per heavy atom. The van der Waals surface area contributed by atoms with Gasteiger partial charge in [-0.15, -0.1) is 0 Å². The molecular weight excluding hydrogens is 350 g/mol. The SMILES string of the molecule is Cc1nn(C)c(Cl)c1C(=O)NCc1ccccc1COc1ccccc1. The van der Waals surface area contributed by atoms with Crippen LogP contribution in [0.2, 0.25) is 5.15 Å². The van der Waals surface area contributed by atoms with Crippen LogP contribution in [0.5, 0.6) is 5.75 Å². The number of nitrogens with zero attached hydrogens (tertiary/aromatic N) is 2. The number of aryl methyl sites for hydroxylation is 2. The molecule has 0 bridgehead atoms. The lowest BCUT2D eigenvalue weighted by molar-refractivity contribution is 0.0950. The maximum Gasteiger partial charge on any atom is 0.256 e. The lowest BCUT2D eigenvalue weighted by Gasteiger charge is -2.12. The minimum atomic E-state index is -0.237. The number of aromatic nitrogens is 2. The molecule has 5 nitrogen and oxygen atoms in total. The van der Waals surface area contributed by atoms with E-state index in [2.05, 4.69) is 10.4 Å². The third kappa shape index (κ3) is 4.06. The number of amides is 1. The molecule has 0 fully saturated rings. The third-order valence-electron chi connectivity index (χ3n) is 4.07. The first-order chi connectivity index (χ1) is 12.6. The summed E-state index contributed by atoms with van der Waals surface area (Å²) in [5.41, 5.74) is 3.03. The van der Waals surface area contributed by atoms with Crippen LogP contribution in [0.25, 0.3) is 0 Å². The average Bonchev–Trinajstić information content (AvgIpc) is 2.91.